The average Bonchev–Trinajstić information content (AvgIpc) is 3.14. The first kappa shape index (κ1) is 17.0. The summed E-state index contributed by atoms with van der Waals surface area (Å²) in [6.07, 6.45) is 5.52. The fraction of sp³-hybridized carbons (Fsp3) is 0.154. The second-order valence-electron chi connectivity index (χ2n) is 7.28. The number of hydrogen-bond donors (Lipinski definition) is 0. The Bertz CT molecular complexity index is 1130. The van der Waals surface area contributed by atoms with Crippen LogP contribution in [0.2, 0.25) is 0 Å². The van der Waals surface area contributed by atoms with Crippen LogP contribution >= 0.6 is 22.6 Å². The Morgan fingerprint density at radius 3 is 2.15 bits per heavy atom. The summed E-state index contributed by atoms with van der Waals surface area (Å²) in [5.74, 6) is 0. The molecule has 1 unspecified atom stereocenters. The highest BCUT2D eigenvalue weighted by atomic mass is 127. The van der Waals surface area contributed by atoms with Crippen molar-refractivity contribution in [2.75, 3.05) is 0 Å². The Morgan fingerprint density at radius 2 is 1.44 bits per heavy atom. The smallest absolute Gasteiger partial charge is 0.0688 e. The monoisotopic (exact) mass is 460 g/mol. The fourth-order valence-electron chi connectivity index (χ4n) is 5.25. The van der Waals surface area contributed by atoms with Crippen LogP contribution in [-0.4, -0.2) is 0 Å². The largest absolute Gasteiger partial charge is 0.0870 e. The molecule has 5 rings (SSSR count). The number of fused-ring (bicyclic) bond motifs is 7. The Balaban J connectivity index is 2.01. The van der Waals surface area contributed by atoms with Gasteiger partial charge in [0.2, 0.25) is 0 Å². The quantitative estimate of drug-likeness (QED) is 0.351. The summed E-state index contributed by atoms with van der Waals surface area (Å²) in [7, 11) is 0. The first-order valence-electron chi connectivity index (χ1n) is 9.59. The number of benzene rings is 3. The van der Waals surface area contributed by atoms with E-state index in [0.29, 0.717) is 0 Å². The topological polar surface area (TPSA) is 0 Å². The number of rotatable bonds is 2. The highest BCUT2D eigenvalue weighted by molar-refractivity contribution is 14.1. The van der Waals surface area contributed by atoms with Gasteiger partial charge in [-0.1, -0.05) is 73.7 Å². The summed E-state index contributed by atoms with van der Waals surface area (Å²) in [5.41, 5.74) is 11.2. The predicted octanol–water partition coefficient (Wildman–Crippen LogP) is 7.36. The molecular formula is C26H21I. The molecule has 27 heavy (non-hydrogen) atoms. The molecule has 1 heteroatoms. The van der Waals surface area contributed by atoms with Gasteiger partial charge >= 0.3 is 0 Å². The lowest BCUT2D eigenvalue weighted by atomic mass is 9.69. The van der Waals surface area contributed by atoms with Crippen LogP contribution in [0.15, 0.2) is 84.5 Å². The van der Waals surface area contributed by atoms with Gasteiger partial charge in [0.05, 0.1) is 5.41 Å². The zero-order valence-corrected chi connectivity index (χ0v) is 17.7. The molecule has 0 N–H and O–H groups in total. The number of hydrogen-bond acceptors (Lipinski definition) is 0. The van der Waals surface area contributed by atoms with E-state index in [0.717, 1.165) is 6.42 Å². The zero-order chi connectivity index (χ0) is 18.6. The third-order valence-electron chi connectivity index (χ3n) is 6.09. The third kappa shape index (κ3) is 2.09. The standard InChI is InChI=1S/C26H21I/c1-3-9-18-19-10-5-7-12-23(19)26(22(18)4-2)24-13-8-6-11-20(24)21-15-14-17(27)16-25(21)26/h3,5-16H,4H2,1-2H3/b9-3-. The molecule has 0 aromatic heterocycles. The maximum Gasteiger partial charge on any atom is 0.0688 e. The van der Waals surface area contributed by atoms with E-state index >= 15 is 0 Å². The zero-order valence-electron chi connectivity index (χ0n) is 15.6. The minimum absolute atomic E-state index is 0.159. The van der Waals surface area contributed by atoms with Crippen molar-refractivity contribution in [2.45, 2.75) is 25.7 Å². The molecule has 0 heterocycles. The van der Waals surface area contributed by atoms with Crippen molar-refractivity contribution in [3.8, 4) is 11.1 Å². The molecule has 3 aromatic rings. The highest BCUT2D eigenvalue weighted by Crippen LogP contribution is 2.62. The van der Waals surface area contributed by atoms with Crippen LogP contribution in [0.4, 0.5) is 0 Å². The van der Waals surface area contributed by atoms with Crippen LogP contribution in [0.5, 0.6) is 0 Å². The van der Waals surface area contributed by atoms with Gasteiger partial charge in [0.25, 0.3) is 0 Å². The van der Waals surface area contributed by atoms with Crippen molar-refractivity contribution >= 4 is 28.2 Å². The summed E-state index contributed by atoms with van der Waals surface area (Å²) in [4.78, 5) is 0. The van der Waals surface area contributed by atoms with Gasteiger partial charge in [-0.2, -0.15) is 0 Å². The van der Waals surface area contributed by atoms with Gasteiger partial charge in [-0.15, -0.1) is 0 Å². The van der Waals surface area contributed by atoms with Crippen molar-refractivity contribution in [1.29, 1.82) is 0 Å². The van der Waals surface area contributed by atoms with E-state index < -0.39 is 0 Å². The molecule has 0 bridgehead atoms. The van der Waals surface area contributed by atoms with E-state index in [4.69, 9.17) is 0 Å². The van der Waals surface area contributed by atoms with Gasteiger partial charge in [0, 0.05) is 3.57 Å². The van der Waals surface area contributed by atoms with Crippen LogP contribution < -0.4 is 0 Å². The van der Waals surface area contributed by atoms with E-state index in [1.807, 2.05) is 0 Å². The Morgan fingerprint density at radius 1 is 0.815 bits per heavy atom. The second-order valence-corrected chi connectivity index (χ2v) is 8.52. The summed E-state index contributed by atoms with van der Waals surface area (Å²) in [6, 6.07) is 25.0. The van der Waals surface area contributed by atoms with E-state index in [1.54, 1.807) is 0 Å². The van der Waals surface area contributed by atoms with Crippen LogP contribution in [0.1, 0.15) is 42.5 Å². The van der Waals surface area contributed by atoms with Gasteiger partial charge in [0.15, 0.2) is 0 Å². The molecular weight excluding hydrogens is 439 g/mol. The molecule has 1 atom stereocenters. The summed E-state index contributed by atoms with van der Waals surface area (Å²) < 4.78 is 1.30. The number of halogens is 1. The van der Waals surface area contributed by atoms with Crippen molar-refractivity contribution in [2.24, 2.45) is 0 Å². The number of allylic oxidation sites excluding steroid dienone is 4. The Labute approximate surface area is 174 Å². The van der Waals surface area contributed by atoms with Gasteiger partial charge in [-0.25, -0.2) is 0 Å². The van der Waals surface area contributed by atoms with Crippen molar-refractivity contribution in [3.63, 3.8) is 0 Å². The third-order valence-corrected chi connectivity index (χ3v) is 6.76. The molecule has 3 aromatic carbocycles. The van der Waals surface area contributed by atoms with Gasteiger partial charge in [-0.05, 0) is 92.6 Å². The molecule has 0 nitrogen and oxygen atoms in total. The lowest BCUT2D eigenvalue weighted by molar-refractivity contribution is 0.732. The van der Waals surface area contributed by atoms with E-state index in [-0.39, 0.29) is 5.41 Å². The normalized spacial score (nSPS) is 19.7. The van der Waals surface area contributed by atoms with Gasteiger partial charge in [-0.3, -0.25) is 0 Å². The van der Waals surface area contributed by atoms with Crippen LogP contribution in [0.25, 0.3) is 16.7 Å². The van der Waals surface area contributed by atoms with Crippen LogP contribution in [0.3, 0.4) is 0 Å². The maximum atomic E-state index is 2.45. The van der Waals surface area contributed by atoms with Gasteiger partial charge in [0.1, 0.15) is 0 Å². The minimum atomic E-state index is -0.159. The fourth-order valence-corrected chi connectivity index (χ4v) is 5.74. The molecule has 0 saturated heterocycles. The molecule has 0 saturated carbocycles. The molecule has 1 spiro atoms. The van der Waals surface area contributed by atoms with Crippen LogP contribution in [0, 0.1) is 3.57 Å². The first-order chi connectivity index (χ1) is 13.2. The summed E-state index contributed by atoms with van der Waals surface area (Å²) in [5, 5.41) is 0. The lowest BCUT2D eigenvalue weighted by Crippen LogP contribution is -2.27. The van der Waals surface area contributed by atoms with E-state index in [9.17, 15) is 0 Å². The molecule has 0 aliphatic heterocycles. The Kier molecular flexibility index (Phi) is 3.90. The SMILES string of the molecule is C/C=C\C1=C(CC)C2(c3ccccc31)c1ccccc1-c1ccc(I)cc12. The highest BCUT2D eigenvalue weighted by Gasteiger charge is 2.51. The summed E-state index contributed by atoms with van der Waals surface area (Å²) in [6.45, 7) is 4.42. The molecule has 132 valence electrons. The lowest BCUT2D eigenvalue weighted by Gasteiger charge is -2.32. The van der Waals surface area contributed by atoms with Gasteiger partial charge < -0.3 is 0 Å². The van der Waals surface area contributed by atoms with Crippen molar-refractivity contribution in [1.82, 2.24) is 0 Å². The molecule has 0 radical (unpaired) electrons. The summed E-state index contributed by atoms with van der Waals surface area (Å²) >= 11 is 2.45. The first-order valence-corrected chi connectivity index (χ1v) is 10.7. The maximum absolute atomic E-state index is 2.45. The Hall–Kier alpha value is -2.13. The van der Waals surface area contributed by atoms with E-state index in [2.05, 4.69) is 115 Å². The minimum Gasteiger partial charge on any atom is -0.0870 e. The molecule has 0 fully saturated rings. The second kappa shape index (κ2) is 6.20. The average molecular weight is 460 g/mol. The predicted molar refractivity (Wildman–Crippen MR) is 123 cm³/mol. The van der Waals surface area contributed by atoms with E-state index in [1.165, 1.54) is 48.1 Å². The van der Waals surface area contributed by atoms with Crippen LogP contribution in [-0.2, 0) is 5.41 Å². The molecule has 2 aliphatic carbocycles. The van der Waals surface area contributed by atoms with Crippen molar-refractivity contribution < 1.29 is 0 Å². The molecule has 2 aliphatic rings. The molecule has 0 amide bonds. The van der Waals surface area contributed by atoms with Crippen molar-refractivity contribution in [3.05, 3.63) is 110 Å².